The maximum atomic E-state index is 13.0. The number of H-pyrrole nitrogens is 1. The Morgan fingerprint density at radius 3 is 2.66 bits per heavy atom. The van der Waals surface area contributed by atoms with Crippen molar-refractivity contribution in [2.45, 2.75) is 32.2 Å². The van der Waals surface area contributed by atoms with E-state index in [9.17, 15) is 14.7 Å². The molecule has 0 aliphatic carbocycles. The fourth-order valence-corrected chi connectivity index (χ4v) is 3.95. The molecule has 1 atom stereocenters. The Morgan fingerprint density at radius 1 is 1.14 bits per heavy atom. The van der Waals surface area contributed by atoms with Crippen LogP contribution in [0.4, 0.5) is 0 Å². The molecule has 1 fully saturated rings. The number of aliphatic hydroxyl groups is 1. The lowest BCUT2D eigenvalue weighted by molar-refractivity contribution is -0.139. The lowest BCUT2D eigenvalue weighted by Gasteiger charge is -2.25. The molecular formula is C23H23N3O3. The quantitative estimate of drug-likeness (QED) is 0.287. The zero-order valence-electron chi connectivity index (χ0n) is 16.3. The average Bonchev–Trinajstić information content (AvgIpc) is 3.29. The molecule has 1 unspecified atom stereocenters. The number of rotatable bonds is 6. The Balaban J connectivity index is 1.86. The highest BCUT2D eigenvalue weighted by Crippen LogP contribution is 2.40. The van der Waals surface area contributed by atoms with Crippen molar-refractivity contribution in [1.82, 2.24) is 14.9 Å². The molecule has 0 saturated carbocycles. The van der Waals surface area contributed by atoms with Crippen molar-refractivity contribution in [3.63, 3.8) is 0 Å². The number of ketones is 1. The number of unbranched alkanes of at least 4 members (excludes halogenated alkanes) is 2. The minimum absolute atomic E-state index is 0.127. The number of pyridine rings is 1. The first-order chi connectivity index (χ1) is 14.1. The number of carbonyl (C=O) groups excluding carboxylic acids is 2. The summed E-state index contributed by atoms with van der Waals surface area (Å²) in [5, 5.41) is 12.0. The number of nitrogens with zero attached hydrogens (tertiary/aromatic N) is 2. The number of benzene rings is 1. The Morgan fingerprint density at radius 2 is 1.90 bits per heavy atom. The van der Waals surface area contributed by atoms with Gasteiger partial charge in [-0.05, 0) is 30.2 Å². The van der Waals surface area contributed by atoms with Crippen LogP contribution in [0.1, 0.15) is 43.4 Å². The van der Waals surface area contributed by atoms with Crippen LogP contribution in [0.2, 0.25) is 0 Å². The summed E-state index contributed by atoms with van der Waals surface area (Å²) in [4.78, 5) is 34.5. The molecular weight excluding hydrogens is 366 g/mol. The van der Waals surface area contributed by atoms with Crippen LogP contribution < -0.4 is 0 Å². The van der Waals surface area contributed by atoms with Gasteiger partial charge in [0.15, 0.2) is 0 Å². The van der Waals surface area contributed by atoms with Crippen molar-refractivity contribution < 1.29 is 14.7 Å². The first-order valence-electron chi connectivity index (χ1n) is 9.88. The summed E-state index contributed by atoms with van der Waals surface area (Å²) in [6, 6.07) is 10.5. The van der Waals surface area contributed by atoms with Gasteiger partial charge in [-0.25, -0.2) is 0 Å². The molecule has 1 amide bonds. The maximum Gasteiger partial charge on any atom is 0.295 e. The van der Waals surface area contributed by atoms with E-state index < -0.39 is 17.7 Å². The van der Waals surface area contributed by atoms with Gasteiger partial charge in [-0.2, -0.15) is 0 Å². The molecule has 3 aromatic rings. The van der Waals surface area contributed by atoms with Crippen LogP contribution in [0.15, 0.2) is 60.6 Å². The van der Waals surface area contributed by atoms with Gasteiger partial charge in [0.25, 0.3) is 11.7 Å². The lowest BCUT2D eigenvalue weighted by Crippen LogP contribution is -2.30. The van der Waals surface area contributed by atoms with Gasteiger partial charge >= 0.3 is 0 Å². The van der Waals surface area contributed by atoms with E-state index in [-0.39, 0.29) is 11.3 Å². The second kappa shape index (κ2) is 7.91. The Hall–Kier alpha value is -3.41. The van der Waals surface area contributed by atoms with Crippen molar-refractivity contribution in [1.29, 1.82) is 0 Å². The van der Waals surface area contributed by atoms with Gasteiger partial charge in [-0.3, -0.25) is 14.6 Å². The highest BCUT2D eigenvalue weighted by Gasteiger charge is 2.45. The number of hydrogen-bond acceptors (Lipinski definition) is 4. The lowest BCUT2D eigenvalue weighted by atomic mass is 9.95. The topological polar surface area (TPSA) is 86.3 Å². The summed E-state index contributed by atoms with van der Waals surface area (Å²) in [5.74, 6) is -1.36. The minimum Gasteiger partial charge on any atom is -0.507 e. The Labute approximate surface area is 168 Å². The van der Waals surface area contributed by atoms with Crippen LogP contribution in [0.25, 0.3) is 16.7 Å². The highest BCUT2D eigenvalue weighted by atomic mass is 16.3. The Bertz CT molecular complexity index is 1080. The molecule has 2 N–H and O–H groups in total. The summed E-state index contributed by atoms with van der Waals surface area (Å²) < 4.78 is 0. The van der Waals surface area contributed by atoms with Gasteiger partial charge in [0.05, 0.1) is 11.6 Å². The third kappa shape index (κ3) is 3.31. The molecule has 2 aromatic heterocycles. The number of aromatic amines is 1. The molecule has 148 valence electrons. The normalized spacial score (nSPS) is 18.7. The van der Waals surface area contributed by atoms with E-state index in [1.165, 1.54) is 0 Å². The summed E-state index contributed by atoms with van der Waals surface area (Å²) in [7, 11) is 0. The van der Waals surface area contributed by atoms with Crippen LogP contribution in [0, 0.1) is 0 Å². The molecule has 0 radical (unpaired) electrons. The van der Waals surface area contributed by atoms with E-state index in [1.54, 1.807) is 35.6 Å². The van der Waals surface area contributed by atoms with E-state index in [4.69, 9.17) is 0 Å². The molecule has 3 heterocycles. The number of para-hydroxylation sites is 1. The van der Waals surface area contributed by atoms with Crippen LogP contribution in [-0.4, -0.2) is 38.2 Å². The van der Waals surface area contributed by atoms with Gasteiger partial charge in [0.2, 0.25) is 0 Å². The van der Waals surface area contributed by atoms with Crippen LogP contribution in [-0.2, 0) is 9.59 Å². The number of aliphatic hydroxyl groups excluding tert-OH is 1. The Kier molecular flexibility index (Phi) is 5.16. The second-order valence-corrected chi connectivity index (χ2v) is 7.23. The second-order valence-electron chi connectivity index (χ2n) is 7.23. The van der Waals surface area contributed by atoms with Crippen LogP contribution in [0.5, 0.6) is 0 Å². The van der Waals surface area contributed by atoms with E-state index in [0.717, 1.165) is 35.7 Å². The molecule has 6 heteroatoms. The number of nitrogens with one attached hydrogen (secondary N) is 1. The number of hydrogen-bond donors (Lipinski definition) is 2. The van der Waals surface area contributed by atoms with Crippen LogP contribution >= 0.6 is 0 Å². The van der Waals surface area contributed by atoms with Gasteiger partial charge in [0.1, 0.15) is 5.76 Å². The van der Waals surface area contributed by atoms with E-state index in [2.05, 4.69) is 16.9 Å². The molecule has 1 aliphatic heterocycles. The third-order valence-corrected chi connectivity index (χ3v) is 5.41. The van der Waals surface area contributed by atoms with Crippen molar-refractivity contribution in [3.05, 3.63) is 71.7 Å². The fourth-order valence-electron chi connectivity index (χ4n) is 3.95. The molecule has 1 aliphatic rings. The largest absolute Gasteiger partial charge is 0.507 e. The molecule has 4 rings (SSSR count). The van der Waals surface area contributed by atoms with Crippen molar-refractivity contribution in [2.24, 2.45) is 0 Å². The van der Waals surface area contributed by atoms with E-state index >= 15 is 0 Å². The molecule has 6 nitrogen and oxygen atoms in total. The number of aromatic nitrogens is 2. The smallest absolute Gasteiger partial charge is 0.295 e. The van der Waals surface area contributed by atoms with Gasteiger partial charge in [0, 0.05) is 41.6 Å². The monoisotopic (exact) mass is 389 g/mol. The SMILES string of the molecule is CCCCCN1C(=O)C(=O)/C(=C(\O)c2c[nH]c3ccccc23)C1c1ccncc1. The number of Topliss-reactive ketones (excluding diaryl/α,β-unsaturated/α-hetero) is 1. The number of likely N-dealkylation sites (tertiary alicyclic amines) is 1. The molecule has 1 aromatic carbocycles. The van der Waals surface area contributed by atoms with Crippen LogP contribution in [0.3, 0.4) is 0 Å². The maximum absolute atomic E-state index is 13.0. The summed E-state index contributed by atoms with van der Waals surface area (Å²) >= 11 is 0. The molecule has 1 saturated heterocycles. The summed E-state index contributed by atoms with van der Waals surface area (Å²) in [5.41, 5.74) is 2.26. The molecule has 0 spiro atoms. The highest BCUT2D eigenvalue weighted by molar-refractivity contribution is 6.46. The van der Waals surface area contributed by atoms with Gasteiger partial charge < -0.3 is 15.0 Å². The third-order valence-electron chi connectivity index (χ3n) is 5.41. The number of fused-ring (bicyclic) bond motifs is 1. The fraction of sp³-hybridized carbons (Fsp3) is 0.261. The van der Waals surface area contributed by atoms with Crippen molar-refractivity contribution in [3.8, 4) is 0 Å². The zero-order chi connectivity index (χ0) is 20.4. The van der Waals surface area contributed by atoms with Gasteiger partial charge in [-0.15, -0.1) is 0 Å². The van der Waals surface area contributed by atoms with E-state index in [1.807, 2.05) is 24.3 Å². The number of carbonyl (C=O) groups is 2. The van der Waals surface area contributed by atoms with E-state index in [0.29, 0.717) is 12.1 Å². The predicted octanol–water partition coefficient (Wildman–Crippen LogP) is 4.17. The zero-order valence-corrected chi connectivity index (χ0v) is 16.3. The summed E-state index contributed by atoms with van der Waals surface area (Å²) in [6.07, 6.45) is 7.72. The predicted molar refractivity (Wildman–Crippen MR) is 111 cm³/mol. The first kappa shape index (κ1) is 18.9. The number of amides is 1. The van der Waals surface area contributed by atoms with Crippen molar-refractivity contribution >= 4 is 28.4 Å². The van der Waals surface area contributed by atoms with Crippen molar-refractivity contribution in [2.75, 3.05) is 6.54 Å². The minimum atomic E-state index is -0.647. The average molecular weight is 389 g/mol. The molecule has 0 bridgehead atoms. The standard InChI is InChI=1S/C23H23N3O3/c1-2-3-6-13-26-20(15-9-11-24-12-10-15)19(22(28)23(26)29)21(27)17-14-25-18-8-5-4-7-16(17)18/h4-5,7-12,14,20,25,27H,2-3,6,13H2,1H3/b21-19-. The first-order valence-corrected chi connectivity index (χ1v) is 9.88. The van der Waals surface area contributed by atoms with Gasteiger partial charge in [-0.1, -0.05) is 38.0 Å². The summed E-state index contributed by atoms with van der Waals surface area (Å²) in [6.45, 7) is 2.56. The molecule has 29 heavy (non-hydrogen) atoms.